The molecule has 0 aromatic heterocycles. The molecule has 0 saturated carbocycles. The van der Waals surface area contributed by atoms with E-state index in [9.17, 15) is 29.7 Å². The van der Waals surface area contributed by atoms with Crippen LogP contribution in [-0.4, -0.2) is 17.9 Å². The fraction of sp³-hybridized carbons (Fsp3) is 0.875. The molecule has 0 N–H and O–H groups in total. The summed E-state index contributed by atoms with van der Waals surface area (Å²) >= 11 is 0. The Bertz CT molecular complexity index is 331. The Hall–Kier alpha value is -0.00558. The van der Waals surface area contributed by atoms with Crippen molar-refractivity contribution in [2.24, 2.45) is 0 Å². The van der Waals surface area contributed by atoms with Crippen LogP contribution in [0, 0.1) is 49.4 Å². The molecule has 6 nitrogen and oxygen atoms in total. The molecule has 0 heterocycles. The summed E-state index contributed by atoms with van der Waals surface area (Å²) in [5.74, 6) is -2.76. The predicted octanol–water partition coefficient (Wildman–Crippen LogP) is 3.29. The molecule has 0 radical (unpaired) electrons. The maximum Gasteiger partial charge on any atom is 3.00 e. The Labute approximate surface area is 231 Å². The van der Waals surface area contributed by atoms with Crippen LogP contribution < -0.4 is 15.3 Å². The van der Waals surface area contributed by atoms with Crippen molar-refractivity contribution in [3.8, 4) is 0 Å². The molecule has 0 atom stereocenters. The van der Waals surface area contributed by atoms with Gasteiger partial charge in [0.15, 0.2) is 0 Å². The number of hydrogen-bond donors (Lipinski definition) is 0. The minimum atomic E-state index is -0.920. The van der Waals surface area contributed by atoms with Gasteiger partial charge in [0.25, 0.3) is 0 Å². The molecule has 0 aliphatic rings. The summed E-state index contributed by atoms with van der Waals surface area (Å²) in [6.45, 7) is 6.41. The molecule has 0 amide bonds. The Morgan fingerprint density at radius 2 is 0.613 bits per heavy atom. The zero-order valence-electron chi connectivity index (χ0n) is 20.1. The number of carboxylic acid groups (broad SMARTS) is 3. The molecule has 0 unspecified atom stereocenters. The van der Waals surface area contributed by atoms with Crippen LogP contribution in [0.4, 0.5) is 0 Å². The molecule has 0 saturated heterocycles. The van der Waals surface area contributed by atoms with Crippen molar-refractivity contribution in [2.45, 2.75) is 136 Å². The third kappa shape index (κ3) is 53.3. The molecule has 0 aromatic rings. The molecule has 0 aliphatic heterocycles. The number of rotatable bonds is 18. The number of carboxylic acids is 3. The van der Waals surface area contributed by atoms with Gasteiger partial charge in [-0.3, -0.25) is 0 Å². The Morgan fingerprint density at radius 1 is 0.419 bits per heavy atom. The number of aliphatic carboxylic acids is 3. The fourth-order valence-electron chi connectivity index (χ4n) is 2.62. The number of hydrogen-bond acceptors (Lipinski definition) is 6. The summed E-state index contributed by atoms with van der Waals surface area (Å²) < 4.78 is 0. The van der Waals surface area contributed by atoms with Gasteiger partial charge in [-0.15, -0.1) is 0 Å². The molecular formula is C24H45EuO6. The van der Waals surface area contributed by atoms with Gasteiger partial charge in [0, 0.05) is 17.9 Å². The van der Waals surface area contributed by atoms with Crippen molar-refractivity contribution >= 4 is 17.9 Å². The Kier molecular flexibility index (Phi) is 42.7. The van der Waals surface area contributed by atoms with Crippen molar-refractivity contribution in [3.05, 3.63) is 0 Å². The molecule has 0 aromatic carbocycles. The fourth-order valence-corrected chi connectivity index (χ4v) is 2.62. The van der Waals surface area contributed by atoms with Crippen LogP contribution in [0.3, 0.4) is 0 Å². The SMILES string of the molecule is CCCCCCCC(=O)[O-].CCCCCCCC(=O)[O-].CCCCCCCC(=O)[O-].[Eu+3]. The van der Waals surface area contributed by atoms with Crippen LogP contribution in [0.5, 0.6) is 0 Å². The maximum absolute atomic E-state index is 9.92. The first-order valence-electron chi connectivity index (χ1n) is 11.9. The van der Waals surface area contributed by atoms with Crippen LogP contribution in [0.15, 0.2) is 0 Å². The van der Waals surface area contributed by atoms with Gasteiger partial charge in [-0.2, -0.15) is 0 Å². The van der Waals surface area contributed by atoms with Crippen LogP contribution >= 0.6 is 0 Å². The maximum atomic E-state index is 9.92. The summed E-state index contributed by atoms with van der Waals surface area (Å²) in [5, 5.41) is 29.8. The average Bonchev–Trinajstić information content (AvgIpc) is 2.68. The van der Waals surface area contributed by atoms with Gasteiger partial charge in [-0.25, -0.2) is 0 Å². The van der Waals surface area contributed by atoms with Crippen molar-refractivity contribution in [2.75, 3.05) is 0 Å². The van der Waals surface area contributed by atoms with Gasteiger partial charge < -0.3 is 29.7 Å². The first-order valence-corrected chi connectivity index (χ1v) is 11.9. The van der Waals surface area contributed by atoms with E-state index in [-0.39, 0.29) is 68.6 Å². The van der Waals surface area contributed by atoms with Crippen LogP contribution in [-0.2, 0) is 14.4 Å². The Morgan fingerprint density at radius 3 is 0.774 bits per heavy atom. The molecule has 184 valence electrons. The minimum Gasteiger partial charge on any atom is -0.550 e. The molecule has 0 aliphatic carbocycles. The monoisotopic (exact) mass is 582 g/mol. The van der Waals surface area contributed by atoms with Gasteiger partial charge in [0.05, 0.1) is 0 Å². The summed E-state index contributed by atoms with van der Waals surface area (Å²) in [4.78, 5) is 29.8. The van der Waals surface area contributed by atoms with E-state index in [1.807, 2.05) is 0 Å². The third-order valence-corrected chi connectivity index (χ3v) is 4.45. The van der Waals surface area contributed by atoms with Gasteiger partial charge in [0.1, 0.15) is 0 Å². The number of carbonyl (C=O) groups is 3. The molecular weight excluding hydrogens is 536 g/mol. The minimum absolute atomic E-state index is 0. The van der Waals surface area contributed by atoms with Crippen LogP contribution in [0.1, 0.15) is 136 Å². The van der Waals surface area contributed by atoms with Crippen molar-refractivity contribution in [1.29, 1.82) is 0 Å². The topological polar surface area (TPSA) is 120 Å². The second-order valence-corrected chi connectivity index (χ2v) is 7.61. The van der Waals surface area contributed by atoms with E-state index >= 15 is 0 Å². The van der Waals surface area contributed by atoms with E-state index < -0.39 is 17.9 Å². The molecule has 0 spiro atoms. The third-order valence-electron chi connectivity index (χ3n) is 4.45. The standard InChI is InChI=1S/3C8H16O2.Eu/c3*1-2-3-4-5-6-7-8(9)10;/h3*2-7H2,1H3,(H,9,10);/q;;;+3/p-3. The van der Waals surface area contributed by atoms with Gasteiger partial charge in [0.2, 0.25) is 0 Å². The molecule has 0 bridgehead atoms. The zero-order valence-corrected chi connectivity index (χ0v) is 22.5. The van der Waals surface area contributed by atoms with E-state index in [1.165, 1.54) is 38.5 Å². The summed E-state index contributed by atoms with van der Waals surface area (Å²) in [6, 6.07) is 0. The van der Waals surface area contributed by atoms with Gasteiger partial charge >= 0.3 is 49.4 Å². The zero-order chi connectivity index (χ0) is 23.5. The molecule has 0 rings (SSSR count). The van der Waals surface area contributed by atoms with Crippen LogP contribution in [0.25, 0.3) is 0 Å². The largest absolute Gasteiger partial charge is 3.00 e. The predicted molar refractivity (Wildman–Crippen MR) is 115 cm³/mol. The van der Waals surface area contributed by atoms with E-state index in [2.05, 4.69) is 20.8 Å². The van der Waals surface area contributed by atoms with E-state index in [0.29, 0.717) is 0 Å². The van der Waals surface area contributed by atoms with Crippen LogP contribution in [0.2, 0.25) is 0 Å². The average molecular weight is 582 g/mol. The first-order chi connectivity index (χ1) is 14.3. The summed E-state index contributed by atoms with van der Waals surface area (Å²) in [5.41, 5.74) is 0. The van der Waals surface area contributed by atoms with E-state index in [4.69, 9.17) is 0 Å². The second-order valence-electron chi connectivity index (χ2n) is 7.61. The normalized spacial score (nSPS) is 9.39. The first kappa shape index (κ1) is 38.3. The number of unbranched alkanes of at least 4 members (excludes halogenated alkanes) is 12. The Balaban J connectivity index is -0.000000174. The molecule has 7 heteroatoms. The van der Waals surface area contributed by atoms with Gasteiger partial charge in [-0.05, 0) is 38.5 Å². The molecule has 31 heavy (non-hydrogen) atoms. The van der Waals surface area contributed by atoms with E-state index in [0.717, 1.165) is 57.8 Å². The van der Waals surface area contributed by atoms with E-state index in [1.54, 1.807) is 0 Å². The number of carbonyl (C=O) groups excluding carboxylic acids is 3. The summed E-state index contributed by atoms with van der Waals surface area (Å²) in [6.07, 6.45) is 16.8. The quantitative estimate of drug-likeness (QED) is 0.229. The second kappa shape index (κ2) is 34.6. The van der Waals surface area contributed by atoms with Crippen molar-refractivity contribution in [3.63, 3.8) is 0 Å². The van der Waals surface area contributed by atoms with Crippen molar-refractivity contribution in [1.82, 2.24) is 0 Å². The smallest absolute Gasteiger partial charge is 0.550 e. The van der Waals surface area contributed by atoms with Crippen molar-refractivity contribution < 1.29 is 79.1 Å². The summed E-state index contributed by atoms with van der Waals surface area (Å²) in [7, 11) is 0. The van der Waals surface area contributed by atoms with Gasteiger partial charge in [-0.1, -0.05) is 97.8 Å². The molecule has 0 fully saturated rings.